The minimum atomic E-state index is -0.512. The molecule has 2 saturated carbocycles. The largest absolute Gasteiger partial charge is 0.368 e. The highest BCUT2D eigenvalue weighted by Gasteiger charge is 2.60. The van der Waals surface area contributed by atoms with Gasteiger partial charge in [0.05, 0.1) is 12.7 Å². The summed E-state index contributed by atoms with van der Waals surface area (Å²) >= 11 is 0. The lowest BCUT2D eigenvalue weighted by atomic mass is 9.84. The molecule has 5 nitrogen and oxygen atoms in total. The number of likely N-dealkylation sites (tertiary alicyclic amines) is 1. The van der Waals surface area contributed by atoms with Crippen molar-refractivity contribution in [3.05, 3.63) is 0 Å². The number of piperidine rings is 1. The summed E-state index contributed by atoms with van der Waals surface area (Å²) in [7, 11) is 0. The lowest BCUT2D eigenvalue weighted by Gasteiger charge is -2.45. The molecule has 8 atom stereocenters. The molecule has 4 aliphatic heterocycles. The highest BCUT2D eigenvalue weighted by Crippen LogP contribution is 2.50. The van der Waals surface area contributed by atoms with E-state index in [1.165, 1.54) is 77.2 Å². The maximum absolute atomic E-state index is 7.02. The summed E-state index contributed by atoms with van der Waals surface area (Å²) < 4.78 is 20.4. The second-order valence-corrected chi connectivity index (χ2v) is 11.1. The molecule has 0 spiro atoms. The zero-order valence-electron chi connectivity index (χ0n) is 18.7. The summed E-state index contributed by atoms with van der Waals surface area (Å²) in [5, 5.41) is 3.73. The average Bonchev–Trinajstić information content (AvgIpc) is 3.12. The van der Waals surface area contributed by atoms with Crippen LogP contribution < -0.4 is 5.32 Å². The third-order valence-electron chi connectivity index (χ3n) is 9.44. The number of fused-ring (bicyclic) bond motifs is 3. The van der Waals surface area contributed by atoms with Crippen molar-refractivity contribution < 1.29 is 14.2 Å². The summed E-state index contributed by atoms with van der Waals surface area (Å²) in [4.78, 5) is 2.77. The van der Waals surface area contributed by atoms with Crippen molar-refractivity contribution in [3.8, 4) is 0 Å². The van der Waals surface area contributed by atoms with Crippen molar-refractivity contribution in [1.29, 1.82) is 0 Å². The summed E-state index contributed by atoms with van der Waals surface area (Å²) in [5.41, 5.74) is 0. The lowest BCUT2D eigenvalue weighted by Crippen LogP contribution is -2.55. The van der Waals surface area contributed by atoms with Gasteiger partial charge in [0.25, 0.3) is 0 Å². The van der Waals surface area contributed by atoms with Gasteiger partial charge in [-0.15, -0.1) is 0 Å². The summed E-state index contributed by atoms with van der Waals surface area (Å²) in [6.45, 7) is 4.02. The van der Waals surface area contributed by atoms with E-state index in [0.29, 0.717) is 17.9 Å². The second kappa shape index (κ2) is 8.62. The van der Waals surface area contributed by atoms with E-state index < -0.39 is 5.79 Å². The molecule has 6 fully saturated rings. The van der Waals surface area contributed by atoms with Crippen LogP contribution in [0.4, 0.5) is 0 Å². The zero-order chi connectivity index (χ0) is 20.0. The van der Waals surface area contributed by atoms with Crippen LogP contribution in [0.15, 0.2) is 0 Å². The summed E-state index contributed by atoms with van der Waals surface area (Å²) in [5.74, 6) is 1.54. The second-order valence-electron chi connectivity index (χ2n) is 11.1. The Balaban J connectivity index is 1.21. The van der Waals surface area contributed by atoms with Gasteiger partial charge in [0.15, 0.2) is 0 Å². The molecule has 0 aromatic heterocycles. The SMILES string of the molecule is C1CC[C@@H]2CCCN(C3CC4CCOC4(C4CNCC5CCCCC5O4)O3)[C@@H]2CC1. The fraction of sp³-hybridized carbons (Fsp3) is 1.00. The summed E-state index contributed by atoms with van der Waals surface area (Å²) in [6, 6.07) is 0.734. The molecule has 170 valence electrons. The number of nitrogens with one attached hydrogen (secondary N) is 1. The Labute approximate surface area is 182 Å². The van der Waals surface area contributed by atoms with E-state index in [-0.39, 0.29) is 12.3 Å². The first-order valence-corrected chi connectivity index (χ1v) is 13.3. The molecule has 1 N–H and O–H groups in total. The predicted octanol–water partition coefficient (Wildman–Crippen LogP) is 4.06. The first-order chi connectivity index (χ1) is 14.8. The molecule has 6 unspecified atom stereocenters. The molecular formula is C25H42N2O3. The van der Waals surface area contributed by atoms with E-state index in [4.69, 9.17) is 14.2 Å². The minimum Gasteiger partial charge on any atom is -0.368 e. The normalized spacial score (nSPS) is 50.2. The molecular weight excluding hydrogens is 376 g/mol. The van der Waals surface area contributed by atoms with Crippen molar-refractivity contribution in [3.63, 3.8) is 0 Å². The highest BCUT2D eigenvalue weighted by atomic mass is 16.7. The Morgan fingerprint density at radius 3 is 2.63 bits per heavy atom. The van der Waals surface area contributed by atoms with Gasteiger partial charge < -0.3 is 19.5 Å². The molecule has 30 heavy (non-hydrogen) atoms. The fourth-order valence-electron chi connectivity index (χ4n) is 7.91. The lowest BCUT2D eigenvalue weighted by molar-refractivity contribution is -0.297. The molecule has 4 heterocycles. The predicted molar refractivity (Wildman–Crippen MR) is 116 cm³/mol. The van der Waals surface area contributed by atoms with E-state index in [9.17, 15) is 0 Å². The molecule has 5 heteroatoms. The Morgan fingerprint density at radius 1 is 0.800 bits per heavy atom. The number of rotatable bonds is 2. The number of hydrogen-bond donors (Lipinski definition) is 1. The fourth-order valence-corrected chi connectivity index (χ4v) is 7.91. The van der Waals surface area contributed by atoms with Crippen molar-refractivity contribution >= 4 is 0 Å². The van der Waals surface area contributed by atoms with Crippen LogP contribution in [0, 0.1) is 17.8 Å². The van der Waals surface area contributed by atoms with E-state index in [2.05, 4.69) is 10.2 Å². The van der Waals surface area contributed by atoms with Gasteiger partial charge in [-0.3, -0.25) is 4.90 Å². The van der Waals surface area contributed by atoms with Crippen LogP contribution in [-0.2, 0) is 14.2 Å². The van der Waals surface area contributed by atoms with E-state index in [0.717, 1.165) is 44.5 Å². The van der Waals surface area contributed by atoms with Crippen LogP contribution in [-0.4, -0.2) is 61.4 Å². The summed E-state index contributed by atoms with van der Waals surface area (Å²) in [6.07, 6.45) is 17.9. The van der Waals surface area contributed by atoms with Gasteiger partial charge in [0.2, 0.25) is 5.79 Å². The van der Waals surface area contributed by atoms with Gasteiger partial charge in [0, 0.05) is 31.6 Å². The van der Waals surface area contributed by atoms with Crippen LogP contribution in [0.3, 0.4) is 0 Å². The van der Waals surface area contributed by atoms with Crippen molar-refractivity contribution in [2.45, 2.75) is 114 Å². The number of hydrogen-bond acceptors (Lipinski definition) is 5. The van der Waals surface area contributed by atoms with Gasteiger partial charge in [-0.25, -0.2) is 0 Å². The van der Waals surface area contributed by atoms with Gasteiger partial charge in [0.1, 0.15) is 12.3 Å². The molecule has 2 aliphatic carbocycles. The van der Waals surface area contributed by atoms with Gasteiger partial charge in [-0.05, 0) is 63.2 Å². The highest BCUT2D eigenvalue weighted by molar-refractivity contribution is 5.02. The van der Waals surface area contributed by atoms with Crippen LogP contribution >= 0.6 is 0 Å². The van der Waals surface area contributed by atoms with E-state index in [1.54, 1.807) is 0 Å². The number of ether oxygens (including phenoxy) is 3. The Hall–Kier alpha value is -0.200. The van der Waals surface area contributed by atoms with Crippen LogP contribution in [0.1, 0.15) is 83.5 Å². The maximum Gasteiger partial charge on any atom is 0.200 e. The standard InChI is InChI=1S/C25H42N2O3/c1-2-7-18-9-6-13-27(21(18)10-3-1)24-15-20-12-14-28-25(20,30-24)23-17-26-16-19-8-4-5-11-22(19)29-23/h18-24,26H,1-17H2/t18-,19?,20?,21-,22?,23?,24?,25?/m1/s1. The van der Waals surface area contributed by atoms with Crippen LogP contribution in [0.5, 0.6) is 0 Å². The average molecular weight is 419 g/mol. The molecule has 6 rings (SSSR count). The Morgan fingerprint density at radius 2 is 1.63 bits per heavy atom. The molecule has 4 saturated heterocycles. The molecule has 0 radical (unpaired) electrons. The van der Waals surface area contributed by atoms with Gasteiger partial charge in [-0.2, -0.15) is 0 Å². The van der Waals surface area contributed by atoms with Crippen molar-refractivity contribution in [2.24, 2.45) is 17.8 Å². The topological polar surface area (TPSA) is 43.0 Å². The van der Waals surface area contributed by atoms with Crippen LogP contribution in [0.2, 0.25) is 0 Å². The van der Waals surface area contributed by atoms with Gasteiger partial charge in [-0.1, -0.05) is 32.1 Å². The monoisotopic (exact) mass is 418 g/mol. The third-order valence-corrected chi connectivity index (χ3v) is 9.44. The molecule has 6 aliphatic rings. The van der Waals surface area contributed by atoms with Crippen molar-refractivity contribution in [1.82, 2.24) is 10.2 Å². The van der Waals surface area contributed by atoms with Gasteiger partial charge >= 0.3 is 0 Å². The minimum absolute atomic E-state index is 0.0396. The maximum atomic E-state index is 7.02. The Bertz CT molecular complexity index is 603. The molecule has 0 aromatic rings. The molecule has 0 bridgehead atoms. The van der Waals surface area contributed by atoms with E-state index >= 15 is 0 Å². The smallest absolute Gasteiger partial charge is 0.200 e. The quantitative estimate of drug-likeness (QED) is 0.733. The Kier molecular flexibility index (Phi) is 5.87. The first kappa shape index (κ1) is 20.4. The van der Waals surface area contributed by atoms with Crippen LogP contribution in [0.25, 0.3) is 0 Å². The molecule has 0 aromatic carbocycles. The van der Waals surface area contributed by atoms with E-state index in [1.807, 2.05) is 0 Å². The van der Waals surface area contributed by atoms with Crippen molar-refractivity contribution in [2.75, 3.05) is 26.2 Å². The molecule has 0 amide bonds. The first-order valence-electron chi connectivity index (χ1n) is 13.3. The zero-order valence-corrected chi connectivity index (χ0v) is 18.7. The third kappa shape index (κ3) is 3.57. The number of nitrogens with zero attached hydrogens (tertiary/aromatic N) is 1.